The lowest BCUT2D eigenvalue weighted by Gasteiger charge is -2.02. The molecule has 0 atom stereocenters. The fourth-order valence-electron chi connectivity index (χ4n) is 1.11. The molecule has 0 aliphatic heterocycles. The summed E-state index contributed by atoms with van der Waals surface area (Å²) in [4.78, 5) is 0. The van der Waals surface area contributed by atoms with Crippen LogP contribution in [0.1, 0.15) is 31.1 Å². The van der Waals surface area contributed by atoms with Crippen molar-refractivity contribution in [1.29, 1.82) is 0 Å². The molecule has 0 saturated heterocycles. The lowest BCUT2D eigenvalue weighted by Crippen LogP contribution is -2.00. The number of aryl methyl sites for hydroxylation is 1. The van der Waals surface area contributed by atoms with Crippen LogP contribution >= 0.6 is 10.7 Å². The van der Waals surface area contributed by atoms with E-state index in [4.69, 9.17) is 10.7 Å². The van der Waals surface area contributed by atoms with E-state index in [0.717, 1.165) is 0 Å². The molecule has 0 amide bonds. The summed E-state index contributed by atoms with van der Waals surface area (Å²) in [6.45, 7) is 5.73. The Morgan fingerprint density at radius 2 is 2.14 bits per heavy atom. The summed E-state index contributed by atoms with van der Waals surface area (Å²) in [7, 11) is 1.67. The van der Waals surface area contributed by atoms with Crippen LogP contribution in [0.2, 0.25) is 0 Å². The Morgan fingerprint density at radius 1 is 1.57 bits per heavy atom. The van der Waals surface area contributed by atoms with Gasteiger partial charge in [0.15, 0.2) is 0 Å². The molecule has 0 aliphatic rings. The predicted molar refractivity (Wildman–Crippen MR) is 55.8 cm³/mol. The van der Waals surface area contributed by atoms with Gasteiger partial charge in [-0.2, -0.15) is 5.10 Å². The maximum Gasteiger partial charge on any atom is 0.236 e. The monoisotopic (exact) mass is 236 g/mol. The molecule has 0 fully saturated rings. The molecule has 1 rings (SSSR count). The standard InChI is InChI=1S/C8H13ClN2O2S/c1-6(2)11-4-8(7(3)10-11)5-14(9,12)13/h4,6H,5H2,1-3H3. The molecule has 14 heavy (non-hydrogen) atoms. The summed E-state index contributed by atoms with van der Waals surface area (Å²) in [5.74, 6) is -0.160. The molecule has 0 bridgehead atoms. The van der Waals surface area contributed by atoms with Crippen LogP contribution in [0.25, 0.3) is 0 Å². The zero-order chi connectivity index (χ0) is 10.9. The van der Waals surface area contributed by atoms with Crippen LogP contribution in [-0.2, 0) is 14.8 Å². The van der Waals surface area contributed by atoms with Crippen LogP contribution in [-0.4, -0.2) is 18.2 Å². The number of halogens is 1. The second-order valence-electron chi connectivity index (χ2n) is 3.50. The van der Waals surface area contributed by atoms with E-state index in [1.165, 1.54) is 0 Å². The first-order chi connectivity index (χ1) is 6.29. The molecular weight excluding hydrogens is 224 g/mol. The van der Waals surface area contributed by atoms with Crippen molar-refractivity contribution in [3.8, 4) is 0 Å². The van der Waals surface area contributed by atoms with Gasteiger partial charge in [-0.1, -0.05) is 0 Å². The van der Waals surface area contributed by atoms with Crippen LogP contribution < -0.4 is 0 Å². The van der Waals surface area contributed by atoms with E-state index >= 15 is 0 Å². The highest BCUT2D eigenvalue weighted by molar-refractivity contribution is 8.13. The number of rotatable bonds is 3. The van der Waals surface area contributed by atoms with Crippen molar-refractivity contribution in [3.63, 3.8) is 0 Å². The van der Waals surface area contributed by atoms with Gasteiger partial charge in [0.25, 0.3) is 0 Å². The number of hydrogen-bond acceptors (Lipinski definition) is 3. The highest BCUT2D eigenvalue weighted by Gasteiger charge is 2.13. The summed E-state index contributed by atoms with van der Waals surface area (Å²) >= 11 is 0. The van der Waals surface area contributed by atoms with Gasteiger partial charge < -0.3 is 0 Å². The van der Waals surface area contributed by atoms with Gasteiger partial charge in [-0.15, -0.1) is 0 Å². The van der Waals surface area contributed by atoms with Crippen molar-refractivity contribution in [1.82, 2.24) is 9.78 Å². The predicted octanol–water partition coefficient (Wildman–Crippen LogP) is 1.84. The number of nitrogens with zero attached hydrogens (tertiary/aromatic N) is 2. The third kappa shape index (κ3) is 2.99. The molecule has 0 aromatic carbocycles. The zero-order valence-corrected chi connectivity index (χ0v) is 9.93. The van der Waals surface area contributed by atoms with Crippen LogP contribution in [0.4, 0.5) is 0 Å². The molecule has 1 heterocycles. The Bertz CT molecular complexity index is 423. The molecule has 1 aromatic rings. The smallest absolute Gasteiger partial charge is 0.236 e. The van der Waals surface area contributed by atoms with Gasteiger partial charge in [0, 0.05) is 28.5 Å². The average molecular weight is 237 g/mol. The van der Waals surface area contributed by atoms with E-state index < -0.39 is 9.05 Å². The minimum Gasteiger partial charge on any atom is -0.270 e. The minimum absolute atomic E-state index is 0.160. The van der Waals surface area contributed by atoms with Gasteiger partial charge >= 0.3 is 0 Å². The lowest BCUT2D eigenvalue weighted by atomic mass is 10.3. The highest BCUT2D eigenvalue weighted by Crippen LogP contribution is 2.15. The second kappa shape index (κ2) is 3.90. The minimum atomic E-state index is -3.49. The quantitative estimate of drug-likeness (QED) is 0.753. The van der Waals surface area contributed by atoms with Gasteiger partial charge in [0.05, 0.1) is 11.4 Å². The van der Waals surface area contributed by atoms with E-state index in [9.17, 15) is 8.42 Å². The van der Waals surface area contributed by atoms with Crippen LogP contribution in [0.5, 0.6) is 0 Å². The Labute approximate surface area is 88.3 Å². The van der Waals surface area contributed by atoms with Crippen molar-refractivity contribution in [2.75, 3.05) is 0 Å². The molecule has 0 aliphatic carbocycles. The van der Waals surface area contributed by atoms with E-state index in [0.29, 0.717) is 11.3 Å². The molecule has 0 spiro atoms. The van der Waals surface area contributed by atoms with Gasteiger partial charge in [-0.05, 0) is 20.8 Å². The highest BCUT2D eigenvalue weighted by atomic mass is 35.7. The molecule has 1 aromatic heterocycles. The third-order valence-electron chi connectivity index (χ3n) is 1.88. The number of hydrogen-bond donors (Lipinski definition) is 0. The Morgan fingerprint density at radius 3 is 2.50 bits per heavy atom. The molecule has 0 unspecified atom stereocenters. The van der Waals surface area contributed by atoms with Crippen LogP contribution in [0, 0.1) is 6.92 Å². The molecule has 0 N–H and O–H groups in total. The summed E-state index contributed by atoms with van der Waals surface area (Å²) in [5.41, 5.74) is 1.37. The fraction of sp³-hybridized carbons (Fsp3) is 0.625. The van der Waals surface area contributed by atoms with Crippen molar-refractivity contribution < 1.29 is 8.42 Å². The van der Waals surface area contributed by atoms with Crippen molar-refractivity contribution in [2.24, 2.45) is 0 Å². The molecular formula is C8H13ClN2O2S. The molecule has 80 valence electrons. The zero-order valence-electron chi connectivity index (χ0n) is 8.36. The third-order valence-corrected chi connectivity index (χ3v) is 2.86. The molecule has 4 nitrogen and oxygen atoms in total. The molecule has 0 saturated carbocycles. The molecule has 6 heteroatoms. The summed E-state index contributed by atoms with van der Waals surface area (Å²) < 4.78 is 23.4. The Kier molecular flexibility index (Phi) is 3.21. The Balaban J connectivity index is 3.00. The van der Waals surface area contributed by atoms with E-state index in [2.05, 4.69) is 5.10 Å². The van der Waals surface area contributed by atoms with E-state index in [-0.39, 0.29) is 11.8 Å². The first-order valence-corrected chi connectivity index (χ1v) is 6.74. The summed E-state index contributed by atoms with van der Waals surface area (Å²) in [5, 5.41) is 4.19. The second-order valence-corrected chi connectivity index (χ2v) is 6.27. The normalized spacial score (nSPS) is 12.4. The van der Waals surface area contributed by atoms with E-state index in [1.54, 1.807) is 17.8 Å². The van der Waals surface area contributed by atoms with Crippen molar-refractivity contribution in [2.45, 2.75) is 32.6 Å². The topological polar surface area (TPSA) is 52.0 Å². The first-order valence-electron chi connectivity index (χ1n) is 4.26. The number of aromatic nitrogens is 2. The van der Waals surface area contributed by atoms with Crippen molar-refractivity contribution in [3.05, 3.63) is 17.5 Å². The van der Waals surface area contributed by atoms with Gasteiger partial charge in [-0.3, -0.25) is 4.68 Å². The maximum atomic E-state index is 10.9. The van der Waals surface area contributed by atoms with Gasteiger partial charge in [0.1, 0.15) is 0 Å². The van der Waals surface area contributed by atoms with Gasteiger partial charge in [-0.25, -0.2) is 8.42 Å². The SMILES string of the molecule is Cc1nn(C(C)C)cc1CS(=O)(=O)Cl. The molecule has 0 radical (unpaired) electrons. The van der Waals surface area contributed by atoms with Crippen LogP contribution in [0.3, 0.4) is 0 Å². The maximum absolute atomic E-state index is 10.9. The van der Waals surface area contributed by atoms with Crippen LogP contribution in [0.15, 0.2) is 6.20 Å². The largest absolute Gasteiger partial charge is 0.270 e. The van der Waals surface area contributed by atoms with Gasteiger partial charge in [0.2, 0.25) is 9.05 Å². The average Bonchev–Trinajstić information content (AvgIpc) is 2.29. The summed E-state index contributed by atoms with van der Waals surface area (Å²) in [6.07, 6.45) is 1.72. The lowest BCUT2D eigenvalue weighted by molar-refractivity contribution is 0.529. The summed E-state index contributed by atoms with van der Waals surface area (Å²) in [6, 6.07) is 0.223. The first kappa shape index (κ1) is 11.5. The van der Waals surface area contributed by atoms with E-state index in [1.807, 2.05) is 13.8 Å². The Hall–Kier alpha value is -0.550. The van der Waals surface area contributed by atoms with Crippen molar-refractivity contribution >= 4 is 19.7 Å². The fourth-order valence-corrected chi connectivity index (χ4v) is 2.12.